The molecular weight excluding hydrogens is 242 g/mol. The van der Waals surface area contributed by atoms with Crippen molar-refractivity contribution in [2.24, 2.45) is 0 Å². The number of carbonyl (C=O) groups is 1. The summed E-state index contributed by atoms with van der Waals surface area (Å²) in [5.74, 6) is 0.716. The Morgan fingerprint density at radius 3 is 2.79 bits per heavy atom. The lowest BCUT2D eigenvalue weighted by Gasteiger charge is -2.27. The van der Waals surface area contributed by atoms with Gasteiger partial charge in [0.15, 0.2) is 0 Å². The fourth-order valence-electron chi connectivity index (χ4n) is 2.05. The molecule has 1 amide bonds. The Bertz CT molecular complexity index is 454. The highest BCUT2D eigenvalue weighted by atomic mass is 16.6. The highest BCUT2D eigenvalue weighted by Gasteiger charge is 2.27. The number of hydrogen-bond acceptors (Lipinski definition) is 3. The zero-order valence-electron chi connectivity index (χ0n) is 11.8. The molecule has 0 fully saturated rings. The molecule has 1 aromatic rings. The van der Waals surface area contributed by atoms with Crippen molar-refractivity contribution < 1.29 is 13.9 Å². The average Bonchev–Trinajstić information content (AvgIpc) is 2.71. The molecule has 4 heteroatoms. The number of allylic oxidation sites excluding steroid dienone is 1. The molecule has 2 heterocycles. The van der Waals surface area contributed by atoms with Crippen LogP contribution in [0.3, 0.4) is 0 Å². The van der Waals surface area contributed by atoms with E-state index in [1.165, 1.54) is 0 Å². The quantitative estimate of drug-likeness (QED) is 0.768. The van der Waals surface area contributed by atoms with Gasteiger partial charge >= 0.3 is 6.09 Å². The summed E-state index contributed by atoms with van der Waals surface area (Å²) in [5.41, 5.74) is 0.328. The van der Waals surface area contributed by atoms with E-state index in [4.69, 9.17) is 9.15 Å². The van der Waals surface area contributed by atoms with Crippen molar-refractivity contribution in [1.29, 1.82) is 0 Å². The molecule has 0 radical (unpaired) electrons. The van der Waals surface area contributed by atoms with Gasteiger partial charge in [-0.3, -0.25) is 4.90 Å². The first-order chi connectivity index (χ1) is 8.97. The first-order valence-electron chi connectivity index (χ1n) is 6.72. The molecule has 4 nitrogen and oxygen atoms in total. The van der Waals surface area contributed by atoms with Crippen molar-refractivity contribution in [3.05, 3.63) is 30.2 Å². The van der Waals surface area contributed by atoms with Gasteiger partial charge in [-0.1, -0.05) is 6.08 Å². The van der Waals surface area contributed by atoms with Crippen LogP contribution in [-0.4, -0.2) is 23.1 Å². The largest absolute Gasteiger partial charge is 0.463 e. The smallest absolute Gasteiger partial charge is 0.414 e. The van der Waals surface area contributed by atoms with Gasteiger partial charge in [0.1, 0.15) is 11.4 Å². The van der Waals surface area contributed by atoms with Crippen LogP contribution in [0.15, 0.2) is 28.9 Å². The predicted molar refractivity (Wildman–Crippen MR) is 73.5 cm³/mol. The lowest BCUT2D eigenvalue weighted by Crippen LogP contribution is -2.36. The van der Waals surface area contributed by atoms with Crippen molar-refractivity contribution in [3.8, 4) is 0 Å². The van der Waals surface area contributed by atoms with Crippen LogP contribution in [-0.2, 0) is 4.74 Å². The minimum atomic E-state index is -0.488. The molecule has 0 saturated heterocycles. The maximum atomic E-state index is 12.3. The van der Waals surface area contributed by atoms with Crippen molar-refractivity contribution in [3.63, 3.8) is 0 Å². The summed E-state index contributed by atoms with van der Waals surface area (Å²) in [6.07, 6.45) is 6.36. The van der Waals surface area contributed by atoms with Crippen LogP contribution in [0.1, 0.15) is 45.8 Å². The minimum Gasteiger partial charge on any atom is -0.463 e. The van der Waals surface area contributed by atoms with Crippen molar-refractivity contribution in [1.82, 2.24) is 4.90 Å². The Hall–Kier alpha value is -1.71. The van der Waals surface area contributed by atoms with E-state index in [9.17, 15) is 4.79 Å². The van der Waals surface area contributed by atoms with Gasteiger partial charge in [-0.2, -0.15) is 0 Å². The Kier molecular flexibility index (Phi) is 3.98. The monoisotopic (exact) mass is 263 g/mol. The van der Waals surface area contributed by atoms with E-state index in [0.29, 0.717) is 12.3 Å². The van der Waals surface area contributed by atoms with Crippen molar-refractivity contribution in [2.75, 3.05) is 6.54 Å². The molecule has 19 heavy (non-hydrogen) atoms. The summed E-state index contributed by atoms with van der Waals surface area (Å²) < 4.78 is 10.9. The standard InChI is InChI=1S/C15H21NO3/c1-15(2,3)19-14(17)16-10-6-4-5-8-12(16)13-9-7-11-18-13/h7-9,11H,4-6,10H2,1-3H3. The first kappa shape index (κ1) is 13.7. The van der Waals surface area contributed by atoms with Gasteiger partial charge in [0, 0.05) is 6.54 Å². The van der Waals surface area contributed by atoms with E-state index in [0.717, 1.165) is 25.0 Å². The fraction of sp³-hybridized carbons (Fsp3) is 0.533. The van der Waals surface area contributed by atoms with Gasteiger partial charge < -0.3 is 9.15 Å². The van der Waals surface area contributed by atoms with Crippen molar-refractivity contribution in [2.45, 2.75) is 45.6 Å². The van der Waals surface area contributed by atoms with E-state index in [2.05, 4.69) is 6.08 Å². The molecule has 0 aliphatic carbocycles. The zero-order chi connectivity index (χ0) is 13.9. The van der Waals surface area contributed by atoms with Gasteiger partial charge in [0.2, 0.25) is 0 Å². The van der Waals surface area contributed by atoms with Crippen LogP contribution in [0.4, 0.5) is 4.79 Å². The lowest BCUT2D eigenvalue weighted by molar-refractivity contribution is 0.0351. The molecule has 1 aliphatic heterocycles. The van der Waals surface area contributed by atoms with Crippen molar-refractivity contribution >= 4 is 11.8 Å². The molecule has 0 N–H and O–H groups in total. The van der Waals surface area contributed by atoms with E-state index in [1.54, 1.807) is 11.2 Å². The molecule has 0 saturated carbocycles. The first-order valence-corrected chi connectivity index (χ1v) is 6.72. The van der Waals surface area contributed by atoms with Gasteiger partial charge in [-0.25, -0.2) is 4.79 Å². The summed E-state index contributed by atoms with van der Waals surface area (Å²) in [5, 5.41) is 0. The number of hydrogen-bond donors (Lipinski definition) is 0. The Balaban J connectivity index is 2.22. The van der Waals surface area contributed by atoms with Crippen LogP contribution in [0, 0.1) is 0 Å². The molecule has 0 spiro atoms. The number of carbonyl (C=O) groups excluding carboxylic acids is 1. The van der Waals surface area contributed by atoms with E-state index >= 15 is 0 Å². The van der Waals surface area contributed by atoms with Crippen LogP contribution < -0.4 is 0 Å². The zero-order valence-corrected chi connectivity index (χ0v) is 11.8. The van der Waals surface area contributed by atoms with Gasteiger partial charge in [0.05, 0.1) is 12.0 Å². The second-order valence-corrected chi connectivity index (χ2v) is 5.69. The lowest BCUT2D eigenvalue weighted by atomic mass is 10.2. The normalized spacial score (nSPS) is 16.8. The SMILES string of the molecule is CC(C)(C)OC(=O)N1CCCCC=C1c1ccco1. The van der Waals surface area contributed by atoms with E-state index < -0.39 is 5.60 Å². The topological polar surface area (TPSA) is 42.7 Å². The highest BCUT2D eigenvalue weighted by Crippen LogP contribution is 2.26. The Morgan fingerprint density at radius 1 is 1.37 bits per heavy atom. The molecular formula is C15H21NO3. The Labute approximate surface area is 114 Å². The van der Waals surface area contributed by atoms with Crippen LogP contribution in [0.5, 0.6) is 0 Å². The highest BCUT2D eigenvalue weighted by molar-refractivity contribution is 5.81. The summed E-state index contributed by atoms with van der Waals surface area (Å²) in [4.78, 5) is 14.0. The fourth-order valence-corrected chi connectivity index (χ4v) is 2.05. The predicted octanol–water partition coefficient (Wildman–Crippen LogP) is 4.04. The molecule has 0 aromatic carbocycles. The van der Waals surface area contributed by atoms with Crippen LogP contribution in [0.2, 0.25) is 0 Å². The molecule has 1 aliphatic rings. The third-order valence-corrected chi connectivity index (χ3v) is 2.85. The molecule has 1 aromatic heterocycles. The number of nitrogens with zero attached hydrogens (tertiary/aromatic N) is 1. The minimum absolute atomic E-state index is 0.308. The van der Waals surface area contributed by atoms with Gasteiger partial charge in [0.25, 0.3) is 0 Å². The summed E-state index contributed by atoms with van der Waals surface area (Å²) >= 11 is 0. The van der Waals surface area contributed by atoms with Crippen LogP contribution in [0.25, 0.3) is 5.70 Å². The van der Waals surface area contributed by atoms with E-state index in [-0.39, 0.29) is 6.09 Å². The summed E-state index contributed by atoms with van der Waals surface area (Å²) in [6.45, 7) is 6.29. The third-order valence-electron chi connectivity index (χ3n) is 2.85. The second-order valence-electron chi connectivity index (χ2n) is 5.69. The van der Waals surface area contributed by atoms with Gasteiger partial charge in [-0.15, -0.1) is 0 Å². The summed E-state index contributed by atoms with van der Waals surface area (Å²) in [6, 6.07) is 3.70. The molecule has 0 unspecified atom stereocenters. The molecule has 2 rings (SSSR count). The van der Waals surface area contributed by atoms with E-state index in [1.807, 2.05) is 32.9 Å². The molecule has 0 bridgehead atoms. The maximum absolute atomic E-state index is 12.3. The Morgan fingerprint density at radius 2 is 2.16 bits per heavy atom. The molecule has 104 valence electrons. The number of ether oxygens (including phenoxy) is 1. The average molecular weight is 263 g/mol. The third kappa shape index (κ3) is 3.63. The number of furan rings is 1. The second kappa shape index (κ2) is 5.51. The number of rotatable bonds is 1. The maximum Gasteiger partial charge on any atom is 0.414 e. The number of amides is 1. The van der Waals surface area contributed by atoms with Gasteiger partial charge in [-0.05, 0) is 52.2 Å². The van der Waals surface area contributed by atoms with Crippen LogP contribution >= 0.6 is 0 Å². The molecule has 0 atom stereocenters. The summed E-state index contributed by atoms with van der Waals surface area (Å²) in [7, 11) is 0.